The van der Waals surface area contributed by atoms with E-state index in [2.05, 4.69) is 4.98 Å². The van der Waals surface area contributed by atoms with Gasteiger partial charge in [0.2, 0.25) is 15.6 Å². The van der Waals surface area contributed by atoms with Gasteiger partial charge in [0, 0.05) is 12.6 Å². The summed E-state index contributed by atoms with van der Waals surface area (Å²) in [5.74, 6) is -0.472. The minimum Gasteiger partial charge on any atom is -0.328 e. The molecule has 3 heterocycles. The lowest BCUT2D eigenvalue weighted by Crippen LogP contribution is -2.02. The van der Waals surface area contributed by atoms with E-state index in [4.69, 9.17) is 0 Å². The maximum atomic E-state index is 12.7. The number of aryl methyl sites for hydroxylation is 1. The number of fused-ring (bicyclic) bond motifs is 2. The summed E-state index contributed by atoms with van der Waals surface area (Å²) in [6.45, 7) is 0. The summed E-state index contributed by atoms with van der Waals surface area (Å²) in [4.78, 5) is 17.0. The van der Waals surface area contributed by atoms with Crippen molar-refractivity contribution in [1.29, 1.82) is 0 Å². The Balaban J connectivity index is 1.61. The summed E-state index contributed by atoms with van der Waals surface area (Å²) < 4.78 is 28.4. The fraction of sp³-hybridized carbons (Fsp3) is 0.0476. The van der Waals surface area contributed by atoms with Crippen LogP contribution >= 0.6 is 11.3 Å². The molecule has 1 aliphatic rings. The molecule has 0 radical (unpaired) electrons. The molecule has 0 spiro atoms. The van der Waals surface area contributed by atoms with Gasteiger partial charge in [-0.15, -0.1) is 11.3 Å². The predicted octanol–water partition coefficient (Wildman–Crippen LogP) is 4.31. The average Bonchev–Trinajstić information content (AvgIpc) is 3.30. The van der Waals surface area contributed by atoms with Crippen molar-refractivity contribution in [1.82, 2.24) is 9.55 Å². The van der Waals surface area contributed by atoms with Gasteiger partial charge < -0.3 is 4.57 Å². The van der Waals surface area contributed by atoms with E-state index in [0.29, 0.717) is 5.01 Å². The van der Waals surface area contributed by atoms with Crippen molar-refractivity contribution < 1.29 is 13.2 Å². The van der Waals surface area contributed by atoms with Crippen LogP contribution in [0.2, 0.25) is 0 Å². The average molecular weight is 406 g/mol. The van der Waals surface area contributed by atoms with Crippen molar-refractivity contribution in [3.05, 3.63) is 76.1 Å². The fourth-order valence-corrected chi connectivity index (χ4v) is 6.09. The Hall–Kier alpha value is -3.03. The molecule has 0 amide bonds. The van der Waals surface area contributed by atoms with Crippen LogP contribution in [-0.2, 0) is 16.9 Å². The van der Waals surface area contributed by atoms with Crippen LogP contribution in [-0.4, -0.2) is 23.8 Å². The molecule has 0 atom stereocenters. The van der Waals surface area contributed by atoms with Crippen molar-refractivity contribution in [2.45, 2.75) is 4.90 Å². The van der Waals surface area contributed by atoms with Gasteiger partial charge in [-0.1, -0.05) is 42.5 Å². The smallest absolute Gasteiger partial charge is 0.211 e. The number of benzene rings is 2. The molecule has 0 saturated heterocycles. The SMILES string of the molecule is Cn1c(-c2ccccc2)cc2sc(/C=C3\C(=O)c4ccccc4S3(=O)=O)nc21. The maximum absolute atomic E-state index is 12.7. The highest BCUT2D eigenvalue weighted by molar-refractivity contribution is 7.97. The van der Waals surface area contributed by atoms with Crippen LogP contribution in [0.25, 0.3) is 27.7 Å². The van der Waals surface area contributed by atoms with Gasteiger partial charge in [-0.2, -0.15) is 0 Å². The Morgan fingerprint density at radius 1 is 1.04 bits per heavy atom. The van der Waals surface area contributed by atoms with Crippen molar-refractivity contribution in [3.63, 3.8) is 0 Å². The van der Waals surface area contributed by atoms with Crippen molar-refractivity contribution in [2.24, 2.45) is 7.05 Å². The number of carbonyl (C=O) groups excluding carboxylic acids is 1. The number of Topliss-reactive ketones (excluding diaryl/α,β-unsaturated/α-hetero) is 1. The molecular weight excluding hydrogens is 392 g/mol. The fourth-order valence-electron chi connectivity index (χ4n) is 3.47. The van der Waals surface area contributed by atoms with Gasteiger partial charge in [-0.3, -0.25) is 4.79 Å². The van der Waals surface area contributed by atoms with Gasteiger partial charge in [0.05, 0.1) is 15.3 Å². The Bertz CT molecular complexity index is 1390. The lowest BCUT2D eigenvalue weighted by Gasteiger charge is -2.02. The third-order valence-electron chi connectivity index (χ3n) is 4.86. The third kappa shape index (κ3) is 2.40. The van der Waals surface area contributed by atoms with Crippen molar-refractivity contribution >= 4 is 43.4 Å². The van der Waals surface area contributed by atoms with Crippen molar-refractivity contribution in [3.8, 4) is 11.3 Å². The monoisotopic (exact) mass is 406 g/mol. The molecule has 0 saturated carbocycles. The van der Waals surface area contributed by atoms with Crippen LogP contribution < -0.4 is 0 Å². The number of rotatable bonds is 2. The Morgan fingerprint density at radius 3 is 2.46 bits per heavy atom. The molecule has 1 aliphatic heterocycles. The first-order chi connectivity index (χ1) is 13.5. The van der Waals surface area contributed by atoms with Gasteiger partial charge in [-0.25, -0.2) is 13.4 Å². The molecule has 0 bridgehead atoms. The third-order valence-corrected chi connectivity index (χ3v) is 7.61. The topological polar surface area (TPSA) is 69.0 Å². The quantitative estimate of drug-likeness (QED) is 0.465. The molecular formula is C21H14N2O3S2. The molecule has 2 aromatic carbocycles. The highest BCUT2D eigenvalue weighted by atomic mass is 32.2. The number of hydrogen-bond acceptors (Lipinski definition) is 5. The van der Waals surface area contributed by atoms with Gasteiger partial charge in [0.1, 0.15) is 9.91 Å². The van der Waals surface area contributed by atoms with Crippen LogP contribution in [0.1, 0.15) is 15.4 Å². The van der Waals surface area contributed by atoms with Crippen LogP contribution in [0.3, 0.4) is 0 Å². The number of carbonyl (C=O) groups is 1. The lowest BCUT2D eigenvalue weighted by molar-refractivity contribution is 0.104. The van der Waals surface area contributed by atoms with E-state index in [-0.39, 0.29) is 15.4 Å². The van der Waals surface area contributed by atoms with Gasteiger partial charge >= 0.3 is 0 Å². The summed E-state index contributed by atoms with van der Waals surface area (Å²) >= 11 is 1.37. The second-order valence-corrected chi connectivity index (χ2v) is 9.48. The number of allylic oxidation sites excluding steroid dienone is 1. The molecule has 138 valence electrons. The Morgan fingerprint density at radius 2 is 1.75 bits per heavy atom. The largest absolute Gasteiger partial charge is 0.328 e. The number of nitrogens with zero attached hydrogens (tertiary/aromatic N) is 2. The molecule has 5 rings (SSSR count). The molecule has 0 fully saturated rings. The number of thiazole rings is 1. The normalized spacial score (nSPS) is 16.8. The number of aromatic nitrogens is 2. The van der Waals surface area contributed by atoms with E-state index in [1.165, 1.54) is 23.5 Å². The first-order valence-corrected chi connectivity index (χ1v) is 10.9. The zero-order valence-electron chi connectivity index (χ0n) is 14.8. The van der Waals surface area contributed by atoms with Crippen LogP contribution in [0.4, 0.5) is 0 Å². The molecule has 0 aliphatic carbocycles. The second-order valence-electron chi connectivity index (χ2n) is 6.53. The molecule has 2 aromatic heterocycles. The minimum absolute atomic E-state index is 0.0683. The number of ketones is 1. The van der Waals surface area contributed by atoms with Crippen LogP contribution in [0.5, 0.6) is 0 Å². The van der Waals surface area contributed by atoms with Gasteiger partial charge in [0.25, 0.3) is 0 Å². The molecule has 7 heteroatoms. The highest BCUT2D eigenvalue weighted by Crippen LogP contribution is 2.37. The summed E-state index contributed by atoms with van der Waals surface area (Å²) in [6.07, 6.45) is 1.39. The van der Waals surface area contributed by atoms with Gasteiger partial charge in [0.15, 0.2) is 5.65 Å². The zero-order chi connectivity index (χ0) is 19.5. The first kappa shape index (κ1) is 17.1. The van der Waals surface area contributed by atoms with Crippen molar-refractivity contribution in [2.75, 3.05) is 0 Å². The van der Waals surface area contributed by atoms with E-state index in [1.54, 1.807) is 18.2 Å². The van der Waals surface area contributed by atoms with Crippen LogP contribution in [0, 0.1) is 0 Å². The second kappa shape index (κ2) is 5.98. The summed E-state index contributed by atoms with van der Waals surface area (Å²) in [6, 6.07) is 18.3. The Labute approximate surface area is 165 Å². The molecule has 4 aromatic rings. The first-order valence-electron chi connectivity index (χ1n) is 8.59. The van der Waals surface area contributed by atoms with E-state index < -0.39 is 15.6 Å². The van der Waals surface area contributed by atoms with E-state index in [1.807, 2.05) is 48.0 Å². The highest BCUT2D eigenvalue weighted by Gasteiger charge is 2.39. The molecule has 28 heavy (non-hydrogen) atoms. The van der Waals surface area contributed by atoms with Crippen LogP contribution in [0.15, 0.2) is 70.5 Å². The number of sulfone groups is 1. The minimum atomic E-state index is -3.80. The molecule has 0 unspecified atom stereocenters. The summed E-state index contributed by atoms with van der Waals surface area (Å²) in [5, 5.41) is 0.500. The zero-order valence-corrected chi connectivity index (χ0v) is 16.4. The summed E-state index contributed by atoms with van der Waals surface area (Å²) in [7, 11) is -1.88. The van der Waals surface area contributed by atoms with Gasteiger partial charge in [-0.05, 0) is 29.8 Å². The maximum Gasteiger partial charge on any atom is 0.211 e. The standard InChI is InChI=1S/C21H14N2O3S2/c1-23-15(13-7-3-2-4-8-13)11-16-21(23)22-19(27-16)12-18-20(24)14-9-5-6-10-17(14)28(18,25)26/h2-12H,1H3/b18-12+. The number of hydrogen-bond donors (Lipinski definition) is 0. The van der Waals surface area contributed by atoms with E-state index in [9.17, 15) is 13.2 Å². The Kier molecular flexibility index (Phi) is 3.65. The summed E-state index contributed by atoms with van der Waals surface area (Å²) in [5.41, 5.74) is 3.10. The predicted molar refractivity (Wildman–Crippen MR) is 110 cm³/mol. The van der Waals surface area contributed by atoms with E-state index in [0.717, 1.165) is 21.6 Å². The molecule has 0 N–H and O–H groups in total. The lowest BCUT2D eigenvalue weighted by atomic mass is 10.1. The van der Waals surface area contributed by atoms with E-state index >= 15 is 0 Å². The molecule has 5 nitrogen and oxygen atoms in total.